The summed E-state index contributed by atoms with van der Waals surface area (Å²) in [6.45, 7) is 8.07. The molecule has 2 unspecified atom stereocenters. The predicted molar refractivity (Wildman–Crippen MR) is 87.6 cm³/mol. The molecule has 2 saturated heterocycles. The summed E-state index contributed by atoms with van der Waals surface area (Å²) in [5, 5.41) is 3.41. The predicted octanol–water partition coefficient (Wildman–Crippen LogP) is 3.19. The van der Waals surface area contributed by atoms with Crippen molar-refractivity contribution in [3.8, 4) is 0 Å². The van der Waals surface area contributed by atoms with Gasteiger partial charge in [-0.25, -0.2) is 0 Å². The zero-order valence-corrected chi connectivity index (χ0v) is 13.9. The Bertz CT molecular complexity index is 304. The molecule has 1 aliphatic carbocycles. The molecule has 0 radical (unpaired) electrons. The van der Waals surface area contributed by atoms with Crippen LogP contribution in [0.25, 0.3) is 0 Å². The van der Waals surface area contributed by atoms with Crippen LogP contribution in [0.4, 0.5) is 0 Å². The van der Waals surface area contributed by atoms with E-state index in [0.29, 0.717) is 12.2 Å². The highest BCUT2D eigenvalue weighted by molar-refractivity contribution is 4.89. The number of likely N-dealkylation sites (tertiary alicyclic amines) is 1. The molecule has 0 bridgehead atoms. The molecule has 21 heavy (non-hydrogen) atoms. The minimum Gasteiger partial charge on any atom is -0.372 e. The van der Waals surface area contributed by atoms with Gasteiger partial charge < -0.3 is 15.0 Å². The Kier molecular flexibility index (Phi) is 5.58. The monoisotopic (exact) mass is 294 g/mol. The van der Waals surface area contributed by atoms with E-state index < -0.39 is 0 Å². The number of likely N-dealkylation sites (N-methyl/N-ethyl adjacent to an activating group) is 1. The van der Waals surface area contributed by atoms with Crippen LogP contribution < -0.4 is 5.32 Å². The summed E-state index contributed by atoms with van der Waals surface area (Å²) >= 11 is 0. The van der Waals surface area contributed by atoms with Crippen LogP contribution in [-0.4, -0.2) is 49.8 Å². The smallest absolute Gasteiger partial charge is 0.0707 e. The molecule has 3 heteroatoms. The molecule has 3 nitrogen and oxygen atoms in total. The van der Waals surface area contributed by atoms with E-state index in [1.165, 1.54) is 77.4 Å². The van der Waals surface area contributed by atoms with Crippen LogP contribution in [0.3, 0.4) is 0 Å². The van der Waals surface area contributed by atoms with E-state index in [1.807, 2.05) is 0 Å². The molecule has 0 aromatic rings. The summed E-state index contributed by atoms with van der Waals surface area (Å²) in [6, 6.07) is 0. The van der Waals surface area contributed by atoms with Crippen LogP contribution in [-0.2, 0) is 4.74 Å². The van der Waals surface area contributed by atoms with Gasteiger partial charge in [-0.15, -0.1) is 0 Å². The Morgan fingerprint density at radius 1 is 1.00 bits per heavy atom. The van der Waals surface area contributed by atoms with Crippen molar-refractivity contribution < 1.29 is 4.74 Å². The van der Waals surface area contributed by atoms with Crippen LogP contribution in [0.2, 0.25) is 0 Å². The van der Waals surface area contributed by atoms with Gasteiger partial charge in [0.2, 0.25) is 0 Å². The third kappa shape index (κ3) is 4.20. The van der Waals surface area contributed by atoms with E-state index >= 15 is 0 Å². The Morgan fingerprint density at radius 3 is 2.43 bits per heavy atom. The van der Waals surface area contributed by atoms with E-state index in [2.05, 4.69) is 17.1 Å². The molecule has 0 aromatic heterocycles. The molecular weight excluding hydrogens is 260 g/mol. The Morgan fingerprint density at radius 2 is 1.71 bits per heavy atom. The minimum absolute atomic E-state index is 0.462. The van der Waals surface area contributed by atoms with Crippen LogP contribution in [0.1, 0.15) is 64.7 Å². The fraction of sp³-hybridized carbons (Fsp3) is 1.00. The molecule has 2 heterocycles. The van der Waals surface area contributed by atoms with E-state index in [0.717, 1.165) is 18.5 Å². The second kappa shape index (κ2) is 7.43. The molecule has 3 aliphatic rings. The van der Waals surface area contributed by atoms with Gasteiger partial charge in [0.15, 0.2) is 0 Å². The average Bonchev–Trinajstić information content (AvgIpc) is 2.96. The zero-order chi connectivity index (χ0) is 14.5. The van der Waals surface area contributed by atoms with Crippen LogP contribution in [0, 0.1) is 5.41 Å². The molecule has 1 spiro atoms. The highest BCUT2D eigenvalue weighted by atomic mass is 16.5. The van der Waals surface area contributed by atoms with Gasteiger partial charge in [-0.3, -0.25) is 0 Å². The fourth-order valence-corrected chi connectivity index (χ4v) is 4.67. The molecule has 0 aromatic carbocycles. The first-order valence-electron chi connectivity index (χ1n) is 9.38. The highest BCUT2D eigenvalue weighted by Gasteiger charge is 2.36. The van der Waals surface area contributed by atoms with Gasteiger partial charge in [0.1, 0.15) is 0 Å². The van der Waals surface area contributed by atoms with Gasteiger partial charge in [-0.1, -0.05) is 26.2 Å². The third-order valence-electron chi connectivity index (χ3n) is 6.11. The quantitative estimate of drug-likeness (QED) is 0.843. The normalized spacial score (nSPS) is 33.6. The maximum atomic E-state index is 6.20. The summed E-state index contributed by atoms with van der Waals surface area (Å²) in [6.07, 6.45) is 13.8. The van der Waals surface area contributed by atoms with E-state index in [1.54, 1.807) is 0 Å². The second-order valence-corrected chi connectivity index (χ2v) is 7.63. The molecule has 2 aliphatic heterocycles. The fourth-order valence-electron chi connectivity index (χ4n) is 4.67. The summed E-state index contributed by atoms with van der Waals surface area (Å²) < 4.78 is 6.20. The first kappa shape index (κ1) is 15.8. The van der Waals surface area contributed by atoms with Gasteiger partial charge in [-0.2, -0.15) is 0 Å². The lowest BCUT2D eigenvalue weighted by Gasteiger charge is -2.44. The Balaban J connectivity index is 1.38. The highest BCUT2D eigenvalue weighted by Crippen LogP contribution is 2.44. The van der Waals surface area contributed by atoms with Crippen LogP contribution in [0.5, 0.6) is 0 Å². The molecule has 0 amide bonds. The lowest BCUT2D eigenvalue weighted by Crippen LogP contribution is -2.44. The summed E-state index contributed by atoms with van der Waals surface area (Å²) in [7, 11) is 0. The van der Waals surface area contributed by atoms with E-state index in [9.17, 15) is 0 Å². The van der Waals surface area contributed by atoms with Gasteiger partial charge in [0.25, 0.3) is 0 Å². The maximum absolute atomic E-state index is 6.20. The standard InChI is InChI=1S/C18H34N2O/c1-2-19-14-16-6-7-17(21-16)15-20-12-10-18(11-13-20)8-4-3-5-9-18/h16-17,19H,2-15H2,1H3. The molecule has 122 valence electrons. The lowest BCUT2D eigenvalue weighted by atomic mass is 9.68. The molecule has 1 N–H and O–H groups in total. The first-order valence-corrected chi connectivity index (χ1v) is 9.38. The summed E-state index contributed by atoms with van der Waals surface area (Å²) in [5.41, 5.74) is 0.735. The second-order valence-electron chi connectivity index (χ2n) is 7.63. The van der Waals surface area contributed by atoms with Crippen LogP contribution >= 0.6 is 0 Å². The minimum atomic E-state index is 0.462. The number of hydrogen-bond acceptors (Lipinski definition) is 3. The lowest BCUT2D eigenvalue weighted by molar-refractivity contribution is 0.00163. The van der Waals surface area contributed by atoms with Gasteiger partial charge in [-0.05, 0) is 63.6 Å². The number of hydrogen-bond donors (Lipinski definition) is 1. The van der Waals surface area contributed by atoms with Crippen LogP contribution in [0.15, 0.2) is 0 Å². The SMILES string of the molecule is CCNCC1CCC(CN2CCC3(CCCCC3)CC2)O1. The average molecular weight is 294 g/mol. The molecule has 2 atom stereocenters. The van der Waals surface area contributed by atoms with Crippen molar-refractivity contribution in [1.29, 1.82) is 0 Å². The van der Waals surface area contributed by atoms with Gasteiger partial charge in [0, 0.05) is 13.1 Å². The zero-order valence-electron chi connectivity index (χ0n) is 13.9. The Hall–Kier alpha value is -0.120. The number of piperidine rings is 1. The van der Waals surface area contributed by atoms with Crippen molar-refractivity contribution in [3.63, 3.8) is 0 Å². The summed E-state index contributed by atoms with van der Waals surface area (Å²) in [5.74, 6) is 0. The number of nitrogens with one attached hydrogen (secondary N) is 1. The van der Waals surface area contributed by atoms with Crippen molar-refractivity contribution in [2.75, 3.05) is 32.7 Å². The molecular formula is C18H34N2O. The Labute approximate surface area is 130 Å². The molecule has 3 rings (SSSR count). The number of rotatable bonds is 5. The van der Waals surface area contributed by atoms with Crippen molar-refractivity contribution in [1.82, 2.24) is 10.2 Å². The number of ether oxygens (including phenoxy) is 1. The van der Waals surface area contributed by atoms with E-state index in [-0.39, 0.29) is 0 Å². The molecule has 3 fully saturated rings. The van der Waals surface area contributed by atoms with Crippen molar-refractivity contribution >= 4 is 0 Å². The topological polar surface area (TPSA) is 24.5 Å². The third-order valence-corrected chi connectivity index (χ3v) is 6.11. The number of nitrogens with zero attached hydrogens (tertiary/aromatic N) is 1. The summed E-state index contributed by atoms with van der Waals surface area (Å²) in [4.78, 5) is 2.68. The largest absolute Gasteiger partial charge is 0.372 e. The molecule has 1 saturated carbocycles. The first-order chi connectivity index (χ1) is 10.3. The van der Waals surface area contributed by atoms with Gasteiger partial charge >= 0.3 is 0 Å². The maximum Gasteiger partial charge on any atom is 0.0707 e. The van der Waals surface area contributed by atoms with E-state index in [4.69, 9.17) is 4.74 Å². The van der Waals surface area contributed by atoms with Gasteiger partial charge in [0.05, 0.1) is 12.2 Å². The van der Waals surface area contributed by atoms with Crippen molar-refractivity contribution in [3.05, 3.63) is 0 Å². The van der Waals surface area contributed by atoms with Crippen molar-refractivity contribution in [2.45, 2.75) is 76.9 Å². The van der Waals surface area contributed by atoms with Crippen molar-refractivity contribution in [2.24, 2.45) is 5.41 Å².